The molecule has 0 saturated carbocycles. The largest absolute Gasteiger partial charge is 0.493 e. The molecule has 7 aromatic rings. The van der Waals surface area contributed by atoms with Gasteiger partial charge in [0, 0.05) is 33.4 Å². The molecule has 2 aliphatic heterocycles. The molecule has 0 unspecified atom stereocenters. The summed E-state index contributed by atoms with van der Waals surface area (Å²) in [5.41, 5.74) is 8.32. The van der Waals surface area contributed by atoms with Gasteiger partial charge in [0.05, 0.1) is 60.8 Å². The van der Waals surface area contributed by atoms with Gasteiger partial charge in [0.15, 0.2) is 0 Å². The Morgan fingerprint density at radius 2 is 0.594 bits per heavy atom. The molecule has 64 heavy (non-hydrogen) atoms. The minimum Gasteiger partial charge on any atom is -0.493 e. The van der Waals surface area contributed by atoms with Gasteiger partial charge in [-0.1, -0.05) is 86.5 Å². The van der Waals surface area contributed by atoms with Gasteiger partial charge in [0.25, 0.3) is 0 Å². The van der Waals surface area contributed by atoms with E-state index in [0.29, 0.717) is 37.6 Å². The highest BCUT2D eigenvalue weighted by Gasteiger charge is 2.26. The molecule has 4 bridgehead atoms. The zero-order chi connectivity index (χ0) is 43.5. The van der Waals surface area contributed by atoms with Crippen LogP contribution in [0.2, 0.25) is 0 Å². The summed E-state index contributed by atoms with van der Waals surface area (Å²) in [4.78, 5) is 0. The van der Waals surface area contributed by atoms with Crippen LogP contribution in [0.15, 0.2) is 121 Å². The molecule has 0 aliphatic carbocycles. The van der Waals surface area contributed by atoms with Gasteiger partial charge in [0.1, 0.15) is 23.0 Å². The average Bonchev–Trinajstić information content (AvgIpc) is 3.34. The van der Waals surface area contributed by atoms with E-state index < -0.39 is 0 Å². The number of nitriles is 2. The predicted octanol–water partition coefficient (Wildman–Crippen LogP) is 13.3. The Morgan fingerprint density at radius 1 is 0.297 bits per heavy atom. The molecule has 9 rings (SSSR count). The molecule has 0 spiro atoms. The van der Waals surface area contributed by atoms with E-state index in [1.807, 2.05) is 36.4 Å². The smallest absolute Gasteiger partial charge is 0.130 e. The van der Waals surface area contributed by atoms with Crippen molar-refractivity contribution in [2.45, 2.75) is 64.2 Å². The zero-order valence-electron chi connectivity index (χ0n) is 36.0. The highest BCUT2D eigenvalue weighted by Crippen LogP contribution is 2.52. The molecule has 2 heterocycles. The summed E-state index contributed by atoms with van der Waals surface area (Å²) >= 11 is 0. The molecule has 0 saturated heterocycles. The summed E-state index contributed by atoms with van der Waals surface area (Å²) in [6, 6.07) is 44.4. The van der Waals surface area contributed by atoms with E-state index in [4.69, 9.17) is 18.9 Å². The number of hydrogen-bond donors (Lipinski definition) is 0. The Hall–Kier alpha value is -7.64. The fourth-order valence-corrected chi connectivity index (χ4v) is 8.66. The average molecular weight is 837 g/mol. The van der Waals surface area contributed by atoms with Gasteiger partial charge in [-0.2, -0.15) is 10.5 Å². The Morgan fingerprint density at radius 3 is 0.938 bits per heavy atom. The quantitative estimate of drug-likeness (QED) is 0.112. The number of benzene rings is 7. The van der Waals surface area contributed by atoms with Crippen molar-refractivity contribution in [1.82, 2.24) is 0 Å². The van der Waals surface area contributed by atoms with Gasteiger partial charge in [-0.05, 0) is 144 Å². The standard InChI is InChI=1S/C58H48N2O4/c59-39-45-25-19-41(20-26-45)17-23-43-30-32-48-49(37-43)55-47-31-29-44(24-18-42-21-27-46(40-60)28-22-42)38-50(47)56(48)58-52-14-12-16-54(58)64-36-10-6-2-5-9-35-63-53-15-11-13-51(57(53)55)61-33-7-3-1-4-8-34-62-52/h11-16,19-22,25-32,37-38H,1-10,33-36H2. The number of hydrogen-bond acceptors (Lipinski definition) is 6. The summed E-state index contributed by atoms with van der Waals surface area (Å²) in [7, 11) is 0. The van der Waals surface area contributed by atoms with Gasteiger partial charge >= 0.3 is 0 Å². The molecule has 314 valence electrons. The monoisotopic (exact) mass is 836 g/mol. The molecule has 0 atom stereocenters. The van der Waals surface area contributed by atoms with Crippen LogP contribution in [0.25, 0.3) is 43.8 Å². The van der Waals surface area contributed by atoms with Crippen molar-refractivity contribution in [2.75, 3.05) is 26.4 Å². The van der Waals surface area contributed by atoms with E-state index in [1.54, 1.807) is 24.3 Å². The fraction of sp³-hybridized carbons (Fsp3) is 0.241. The first-order valence-corrected chi connectivity index (χ1v) is 22.5. The highest BCUT2D eigenvalue weighted by atomic mass is 16.5. The molecule has 0 aromatic heterocycles. The Bertz CT molecular complexity index is 2780. The van der Waals surface area contributed by atoms with E-state index in [0.717, 1.165) is 153 Å². The van der Waals surface area contributed by atoms with E-state index in [9.17, 15) is 10.5 Å². The molecule has 6 nitrogen and oxygen atoms in total. The molecule has 6 heteroatoms. The molecule has 0 amide bonds. The van der Waals surface area contributed by atoms with Crippen molar-refractivity contribution >= 4 is 21.5 Å². The first-order chi connectivity index (χ1) is 31.7. The summed E-state index contributed by atoms with van der Waals surface area (Å²) < 4.78 is 27.3. The van der Waals surface area contributed by atoms with Gasteiger partial charge in [-0.15, -0.1) is 0 Å². The van der Waals surface area contributed by atoms with Crippen LogP contribution in [0.5, 0.6) is 23.0 Å². The van der Waals surface area contributed by atoms with Crippen LogP contribution in [-0.2, 0) is 0 Å². The maximum Gasteiger partial charge on any atom is 0.130 e. The second-order valence-electron chi connectivity index (χ2n) is 16.3. The third-order valence-corrected chi connectivity index (χ3v) is 11.9. The summed E-state index contributed by atoms with van der Waals surface area (Å²) in [6.07, 6.45) is 10.2. The zero-order valence-corrected chi connectivity index (χ0v) is 36.0. The van der Waals surface area contributed by atoms with Crippen molar-refractivity contribution in [3.8, 4) is 81.1 Å². The van der Waals surface area contributed by atoms with Crippen LogP contribution in [0, 0.1) is 46.3 Å². The fourth-order valence-electron chi connectivity index (χ4n) is 8.66. The summed E-state index contributed by atoms with van der Waals surface area (Å²) in [5.74, 6) is 16.7. The second kappa shape index (κ2) is 20.0. The lowest BCUT2D eigenvalue weighted by Gasteiger charge is -2.24. The summed E-state index contributed by atoms with van der Waals surface area (Å²) in [6.45, 7) is 2.35. The SMILES string of the molecule is N#Cc1ccc(C#Cc2ccc3c4c5cc(C#Cc6ccc(C#N)cc6)ccc5c(c3c2)-c2c3cccc2OCCCCCCCOc2cccc(c2-4)OCCCCCCCO3)cc1. The Labute approximate surface area is 376 Å². The van der Waals surface area contributed by atoms with E-state index in [2.05, 4.69) is 96.5 Å². The third kappa shape index (κ3) is 9.39. The number of rotatable bonds is 0. The third-order valence-electron chi connectivity index (χ3n) is 11.9. The minimum absolute atomic E-state index is 0.587. The maximum atomic E-state index is 9.39. The number of nitrogens with zero attached hydrogens (tertiary/aromatic N) is 2. The lowest BCUT2D eigenvalue weighted by atomic mass is 9.83. The van der Waals surface area contributed by atoms with E-state index in [1.165, 1.54) is 0 Å². The van der Waals surface area contributed by atoms with Crippen LogP contribution in [0.1, 0.15) is 97.6 Å². The van der Waals surface area contributed by atoms with Gasteiger partial charge in [-0.3, -0.25) is 0 Å². The van der Waals surface area contributed by atoms with Gasteiger partial charge < -0.3 is 18.9 Å². The Balaban J connectivity index is 1.39. The molecule has 7 aromatic carbocycles. The minimum atomic E-state index is 0.587. The van der Waals surface area contributed by atoms with Gasteiger partial charge in [-0.25, -0.2) is 0 Å². The molecule has 0 radical (unpaired) electrons. The lowest BCUT2D eigenvalue weighted by molar-refractivity contribution is 0.282. The first-order valence-electron chi connectivity index (χ1n) is 22.5. The van der Waals surface area contributed by atoms with Crippen molar-refractivity contribution in [1.29, 1.82) is 10.5 Å². The molecular weight excluding hydrogens is 789 g/mol. The van der Waals surface area contributed by atoms with Crippen LogP contribution >= 0.6 is 0 Å². The molecule has 0 N–H and O–H groups in total. The van der Waals surface area contributed by atoms with E-state index >= 15 is 0 Å². The normalized spacial score (nSPS) is 14.2. The molecule has 0 fully saturated rings. The molecular formula is C58H48N2O4. The maximum absolute atomic E-state index is 9.39. The highest BCUT2D eigenvalue weighted by molar-refractivity contribution is 6.23. The number of ether oxygens (including phenoxy) is 4. The summed E-state index contributed by atoms with van der Waals surface area (Å²) in [5, 5.41) is 22.8. The lowest BCUT2D eigenvalue weighted by Crippen LogP contribution is -2.04. The van der Waals surface area contributed by atoms with Crippen molar-refractivity contribution in [3.63, 3.8) is 0 Å². The van der Waals surface area contributed by atoms with Gasteiger partial charge in [0.2, 0.25) is 0 Å². The topological polar surface area (TPSA) is 84.5 Å². The Kier molecular flexibility index (Phi) is 13.1. The predicted molar refractivity (Wildman–Crippen MR) is 255 cm³/mol. The van der Waals surface area contributed by atoms with Crippen molar-refractivity contribution < 1.29 is 18.9 Å². The van der Waals surface area contributed by atoms with Crippen LogP contribution in [0.3, 0.4) is 0 Å². The van der Waals surface area contributed by atoms with Crippen molar-refractivity contribution in [2.24, 2.45) is 0 Å². The van der Waals surface area contributed by atoms with Crippen molar-refractivity contribution in [3.05, 3.63) is 155 Å². The second-order valence-corrected chi connectivity index (χ2v) is 16.3. The van der Waals surface area contributed by atoms with Crippen LogP contribution in [0.4, 0.5) is 0 Å². The van der Waals surface area contributed by atoms with Crippen LogP contribution < -0.4 is 18.9 Å². The van der Waals surface area contributed by atoms with E-state index in [-0.39, 0.29) is 0 Å². The molecule has 2 aliphatic rings. The van der Waals surface area contributed by atoms with Crippen LogP contribution in [-0.4, -0.2) is 26.4 Å². The first kappa shape index (κ1) is 41.7.